The lowest BCUT2D eigenvalue weighted by molar-refractivity contribution is 0.0339. The van der Waals surface area contributed by atoms with E-state index in [1.165, 1.54) is 0 Å². The second-order valence-electron chi connectivity index (χ2n) is 6.68. The van der Waals surface area contributed by atoms with Gasteiger partial charge in [0.15, 0.2) is 0 Å². The van der Waals surface area contributed by atoms with Crippen LogP contribution in [0.15, 0.2) is 23.0 Å². The Balaban J connectivity index is 1.92. The van der Waals surface area contributed by atoms with Gasteiger partial charge in [0, 0.05) is 13.1 Å². The molecule has 2 aromatic heterocycles. The van der Waals surface area contributed by atoms with Gasteiger partial charge in [-0.2, -0.15) is 16.4 Å². The van der Waals surface area contributed by atoms with Gasteiger partial charge >= 0.3 is 0 Å². The summed E-state index contributed by atoms with van der Waals surface area (Å²) in [5.74, 6) is -0.0431. The van der Waals surface area contributed by atoms with E-state index in [0.29, 0.717) is 12.1 Å². The Labute approximate surface area is 140 Å². The number of nitrogens with zero attached hydrogens (tertiary/aromatic N) is 3. The fraction of sp³-hybridized carbons (Fsp3) is 0.529. The van der Waals surface area contributed by atoms with Gasteiger partial charge in [-0.25, -0.2) is 0 Å². The minimum absolute atomic E-state index is 0.0431. The SMILES string of the molecule is CC(C)(CO)N(Cc1ccsc1)C(=O)c1cnn2c1CCCC2. The van der Waals surface area contributed by atoms with Crippen molar-refractivity contribution in [3.05, 3.63) is 39.8 Å². The lowest BCUT2D eigenvalue weighted by Crippen LogP contribution is -2.49. The van der Waals surface area contributed by atoms with Gasteiger partial charge in [0.25, 0.3) is 5.91 Å². The van der Waals surface area contributed by atoms with Crippen LogP contribution >= 0.6 is 11.3 Å². The van der Waals surface area contributed by atoms with E-state index < -0.39 is 5.54 Å². The third-order valence-corrected chi connectivity index (χ3v) is 5.23. The zero-order chi connectivity index (χ0) is 16.4. The van der Waals surface area contributed by atoms with Crippen LogP contribution in [0.25, 0.3) is 0 Å². The molecular formula is C17H23N3O2S. The number of amides is 1. The van der Waals surface area contributed by atoms with Crippen LogP contribution in [0, 0.1) is 0 Å². The van der Waals surface area contributed by atoms with Crippen molar-refractivity contribution in [2.45, 2.75) is 51.7 Å². The number of hydrogen-bond donors (Lipinski definition) is 1. The number of aromatic nitrogens is 2. The summed E-state index contributed by atoms with van der Waals surface area (Å²) in [7, 11) is 0. The van der Waals surface area contributed by atoms with Gasteiger partial charge in [0.05, 0.1) is 29.6 Å². The number of thiophene rings is 1. The zero-order valence-corrected chi connectivity index (χ0v) is 14.5. The van der Waals surface area contributed by atoms with Gasteiger partial charge in [-0.1, -0.05) is 0 Å². The normalized spacial score (nSPS) is 14.6. The predicted octanol–water partition coefficient (Wildman–Crippen LogP) is 2.69. The molecule has 0 fully saturated rings. The van der Waals surface area contributed by atoms with E-state index in [2.05, 4.69) is 5.10 Å². The van der Waals surface area contributed by atoms with Crippen molar-refractivity contribution in [3.8, 4) is 0 Å². The first-order chi connectivity index (χ1) is 11.0. The van der Waals surface area contributed by atoms with Crippen LogP contribution in [0.5, 0.6) is 0 Å². The minimum atomic E-state index is -0.623. The van der Waals surface area contributed by atoms with Crippen LogP contribution in [0.4, 0.5) is 0 Å². The van der Waals surface area contributed by atoms with Crippen LogP contribution in [-0.2, 0) is 19.5 Å². The van der Waals surface area contributed by atoms with E-state index in [1.807, 2.05) is 35.4 Å². The summed E-state index contributed by atoms with van der Waals surface area (Å²) in [5.41, 5.74) is 2.18. The Morgan fingerprint density at radius 1 is 1.48 bits per heavy atom. The van der Waals surface area contributed by atoms with Crippen molar-refractivity contribution in [3.63, 3.8) is 0 Å². The fourth-order valence-electron chi connectivity index (χ4n) is 2.96. The van der Waals surface area contributed by atoms with Gasteiger partial charge in [-0.05, 0) is 55.5 Å². The molecule has 3 rings (SSSR count). The molecule has 0 aromatic carbocycles. The third-order valence-electron chi connectivity index (χ3n) is 4.50. The smallest absolute Gasteiger partial charge is 0.258 e. The highest BCUT2D eigenvalue weighted by atomic mass is 32.1. The number of rotatable bonds is 5. The summed E-state index contributed by atoms with van der Waals surface area (Å²) >= 11 is 1.61. The monoisotopic (exact) mass is 333 g/mol. The van der Waals surface area contributed by atoms with Gasteiger partial charge < -0.3 is 10.0 Å². The second-order valence-corrected chi connectivity index (χ2v) is 7.46. The van der Waals surface area contributed by atoms with E-state index in [1.54, 1.807) is 22.4 Å². The Morgan fingerprint density at radius 2 is 2.30 bits per heavy atom. The molecule has 124 valence electrons. The molecule has 6 heteroatoms. The van der Waals surface area contributed by atoms with Crippen LogP contribution in [-0.4, -0.2) is 37.8 Å². The fourth-order valence-corrected chi connectivity index (χ4v) is 3.62. The van der Waals surface area contributed by atoms with Crippen LogP contribution in [0.1, 0.15) is 48.3 Å². The maximum atomic E-state index is 13.2. The molecule has 5 nitrogen and oxygen atoms in total. The lowest BCUT2D eigenvalue weighted by Gasteiger charge is -2.37. The Kier molecular flexibility index (Phi) is 4.55. The Bertz CT molecular complexity index is 676. The van der Waals surface area contributed by atoms with E-state index in [4.69, 9.17) is 0 Å². The number of carbonyl (C=O) groups excluding carboxylic acids is 1. The lowest BCUT2D eigenvalue weighted by atomic mass is 10.00. The molecule has 0 bridgehead atoms. The number of carbonyl (C=O) groups is 1. The largest absolute Gasteiger partial charge is 0.394 e. The predicted molar refractivity (Wildman–Crippen MR) is 90.5 cm³/mol. The molecule has 0 saturated carbocycles. The number of aliphatic hydroxyl groups excluding tert-OH is 1. The molecule has 0 saturated heterocycles. The average Bonchev–Trinajstić information content (AvgIpc) is 3.21. The summed E-state index contributed by atoms with van der Waals surface area (Å²) in [4.78, 5) is 14.9. The highest BCUT2D eigenvalue weighted by Gasteiger charge is 2.33. The molecule has 1 aliphatic heterocycles. The molecule has 23 heavy (non-hydrogen) atoms. The van der Waals surface area contributed by atoms with Crippen molar-refractivity contribution in [1.29, 1.82) is 0 Å². The molecule has 0 radical (unpaired) electrons. The quantitative estimate of drug-likeness (QED) is 0.915. The molecule has 1 amide bonds. The van der Waals surface area contributed by atoms with Crippen molar-refractivity contribution < 1.29 is 9.90 Å². The summed E-state index contributed by atoms with van der Waals surface area (Å²) < 4.78 is 1.95. The first-order valence-electron chi connectivity index (χ1n) is 8.01. The molecule has 0 unspecified atom stereocenters. The molecular weight excluding hydrogens is 310 g/mol. The summed E-state index contributed by atoms with van der Waals surface area (Å²) in [6.07, 6.45) is 4.80. The third kappa shape index (κ3) is 3.19. The second kappa shape index (κ2) is 6.45. The number of hydrogen-bond acceptors (Lipinski definition) is 4. The van der Waals surface area contributed by atoms with Gasteiger partial charge in [0.1, 0.15) is 0 Å². The number of aryl methyl sites for hydroxylation is 1. The summed E-state index contributed by atoms with van der Waals surface area (Å²) in [6.45, 7) is 5.10. The average molecular weight is 333 g/mol. The molecule has 1 aliphatic rings. The van der Waals surface area contributed by atoms with E-state index in [0.717, 1.165) is 37.1 Å². The maximum Gasteiger partial charge on any atom is 0.258 e. The van der Waals surface area contributed by atoms with Crippen LogP contribution in [0.2, 0.25) is 0 Å². The minimum Gasteiger partial charge on any atom is -0.394 e. The van der Waals surface area contributed by atoms with E-state index in [-0.39, 0.29) is 12.5 Å². The highest BCUT2D eigenvalue weighted by Crippen LogP contribution is 2.25. The molecule has 3 heterocycles. The zero-order valence-electron chi connectivity index (χ0n) is 13.7. The van der Waals surface area contributed by atoms with E-state index >= 15 is 0 Å². The van der Waals surface area contributed by atoms with Crippen molar-refractivity contribution in [2.24, 2.45) is 0 Å². The first-order valence-corrected chi connectivity index (χ1v) is 8.96. The molecule has 0 spiro atoms. The molecule has 2 aromatic rings. The standard InChI is InChI=1S/C17H23N3O2S/c1-17(2,12-21)19(10-13-6-8-23-11-13)16(22)14-9-18-20-7-4-3-5-15(14)20/h6,8-9,11,21H,3-5,7,10,12H2,1-2H3. The van der Waals surface area contributed by atoms with E-state index in [9.17, 15) is 9.90 Å². The van der Waals surface area contributed by atoms with Crippen LogP contribution < -0.4 is 0 Å². The summed E-state index contributed by atoms with van der Waals surface area (Å²) in [6, 6.07) is 2.02. The van der Waals surface area contributed by atoms with Crippen molar-refractivity contribution in [1.82, 2.24) is 14.7 Å². The maximum absolute atomic E-state index is 13.2. The van der Waals surface area contributed by atoms with Gasteiger partial charge in [-0.3, -0.25) is 9.48 Å². The number of fused-ring (bicyclic) bond motifs is 1. The summed E-state index contributed by atoms with van der Waals surface area (Å²) in [5, 5.41) is 18.2. The topological polar surface area (TPSA) is 58.4 Å². The highest BCUT2D eigenvalue weighted by molar-refractivity contribution is 7.07. The molecule has 1 N–H and O–H groups in total. The molecule has 0 atom stereocenters. The Morgan fingerprint density at radius 3 is 3.00 bits per heavy atom. The molecule has 0 aliphatic carbocycles. The van der Waals surface area contributed by atoms with Crippen LogP contribution in [0.3, 0.4) is 0 Å². The first kappa shape index (κ1) is 16.2. The number of aliphatic hydroxyl groups is 1. The Hall–Kier alpha value is -1.66. The van der Waals surface area contributed by atoms with Crippen molar-refractivity contribution in [2.75, 3.05) is 6.61 Å². The van der Waals surface area contributed by atoms with Gasteiger partial charge in [-0.15, -0.1) is 0 Å². The van der Waals surface area contributed by atoms with Crippen molar-refractivity contribution >= 4 is 17.2 Å². The van der Waals surface area contributed by atoms with Gasteiger partial charge in [0.2, 0.25) is 0 Å².